The fourth-order valence-electron chi connectivity index (χ4n) is 6.38. The van der Waals surface area contributed by atoms with Crippen molar-refractivity contribution in [3.05, 3.63) is 107 Å². The summed E-state index contributed by atoms with van der Waals surface area (Å²) in [5, 5.41) is 1.81. The van der Waals surface area contributed by atoms with Crippen LogP contribution in [0.1, 0.15) is 16.7 Å². The third-order valence-electron chi connectivity index (χ3n) is 8.99. The number of rotatable bonds is 12. The predicted octanol–water partition coefficient (Wildman–Crippen LogP) is 3.71. The van der Waals surface area contributed by atoms with E-state index in [1.54, 1.807) is 31.2 Å². The first-order valence-electron chi connectivity index (χ1n) is 16.5. The highest BCUT2D eigenvalue weighted by Crippen LogP contribution is 2.46. The molecule has 0 atom stereocenters. The van der Waals surface area contributed by atoms with Crippen LogP contribution in [-0.4, -0.2) is 77.8 Å². The topological polar surface area (TPSA) is 364 Å². The average molecular weight is 961 g/mol. The van der Waals surface area contributed by atoms with Crippen molar-refractivity contribution in [2.45, 2.75) is 49.4 Å². The van der Waals surface area contributed by atoms with Gasteiger partial charge in [-0.05, 0) is 77.7 Å². The van der Waals surface area contributed by atoms with E-state index in [4.69, 9.17) is 4.42 Å². The molecule has 0 saturated heterocycles. The first-order valence-corrected chi connectivity index (χ1v) is 25.1. The molecular formula is C34H28N2O19S6. The van der Waals surface area contributed by atoms with Crippen LogP contribution in [0.2, 0.25) is 0 Å². The lowest BCUT2D eigenvalue weighted by molar-refractivity contribution is 0.473. The highest BCUT2D eigenvalue weighted by Gasteiger charge is 2.32. The Kier molecular flexibility index (Phi) is 11.6. The lowest BCUT2D eigenvalue weighted by Crippen LogP contribution is -2.18. The van der Waals surface area contributed by atoms with Crippen LogP contribution in [0.15, 0.2) is 124 Å². The smallest absolute Gasteiger partial charge is 0.300 e. The summed E-state index contributed by atoms with van der Waals surface area (Å²) in [5.74, 6) is -0.775. The van der Waals surface area contributed by atoms with Crippen molar-refractivity contribution in [3.8, 4) is 22.5 Å². The number of benzene rings is 5. The zero-order valence-electron chi connectivity index (χ0n) is 30.4. The molecule has 1 aliphatic carbocycles. The van der Waals surface area contributed by atoms with E-state index >= 15 is 0 Å². The monoisotopic (exact) mass is 960 g/mol. The van der Waals surface area contributed by atoms with Gasteiger partial charge in [-0.3, -0.25) is 32.3 Å². The van der Waals surface area contributed by atoms with Gasteiger partial charge in [0.1, 0.15) is 9.79 Å². The van der Waals surface area contributed by atoms with Gasteiger partial charge >= 0.3 is 0 Å². The van der Waals surface area contributed by atoms with Gasteiger partial charge in [-0.25, -0.2) is 0 Å². The zero-order valence-corrected chi connectivity index (χ0v) is 35.3. The Hall–Kier alpha value is -5.17. The summed E-state index contributed by atoms with van der Waals surface area (Å²) in [6.07, 6.45) is 0. The van der Waals surface area contributed by atoms with E-state index in [1.165, 1.54) is 12.1 Å². The van der Waals surface area contributed by atoms with Gasteiger partial charge in [0.15, 0.2) is 21.1 Å². The second-order valence-corrected chi connectivity index (χ2v) is 21.3. The number of aryl methyl sites for hydroxylation is 1. The quantitative estimate of drug-likeness (QED) is 0.0679. The predicted molar refractivity (Wildman–Crippen MR) is 211 cm³/mol. The summed E-state index contributed by atoms with van der Waals surface area (Å²) < 4.78 is 214. The van der Waals surface area contributed by atoms with Crippen LogP contribution >= 0.6 is 0 Å². The van der Waals surface area contributed by atoms with Crippen LogP contribution in [0.5, 0.6) is 0 Å². The molecule has 27 heteroatoms. The van der Waals surface area contributed by atoms with Gasteiger partial charge in [-0.15, -0.1) is 0 Å². The van der Waals surface area contributed by atoms with Crippen LogP contribution in [0, 0.1) is 6.92 Å². The highest BCUT2D eigenvalue weighted by molar-refractivity contribution is 7.87. The lowest BCUT2D eigenvalue weighted by Gasteiger charge is -2.21. The van der Waals surface area contributed by atoms with Gasteiger partial charge < -0.3 is 9.73 Å². The fourth-order valence-corrected chi connectivity index (χ4v) is 10.6. The van der Waals surface area contributed by atoms with Crippen molar-refractivity contribution in [1.29, 1.82) is 0 Å². The Labute approximate surface area is 346 Å². The van der Waals surface area contributed by atoms with Crippen molar-refractivity contribution in [3.63, 3.8) is 0 Å². The molecule has 0 bridgehead atoms. The van der Waals surface area contributed by atoms with Crippen molar-refractivity contribution in [2.24, 2.45) is 4.99 Å². The van der Waals surface area contributed by atoms with Crippen molar-refractivity contribution >= 4 is 77.4 Å². The van der Waals surface area contributed by atoms with Gasteiger partial charge in [0, 0.05) is 23.1 Å². The first-order chi connectivity index (χ1) is 28.0. The van der Waals surface area contributed by atoms with E-state index in [0.717, 1.165) is 36.4 Å². The highest BCUT2D eigenvalue weighted by atomic mass is 32.2. The Balaban J connectivity index is 1.67. The lowest BCUT2D eigenvalue weighted by atomic mass is 9.91. The fraction of sp³-hybridized carbons (Fsp3) is 0.0882. The molecule has 0 radical (unpaired) electrons. The standard InChI is InChI=1S/C34H28N2O19S6/c1-18-4-2-3-5-23(18)30-24-10-12-26(35-16-19-6-8-21(56(37,38)39)14-28(19)58(43,44)45)33(60(49,50)51)31(24)55-32-25(30)11-13-27(34(32)61(52,53)54)36-17-20-7-9-22(57(40,41)42)15-29(20)59(46,47)48/h2-15,35H,16-17H2,1H3,(H,37,38,39)(H,40,41,42)(H,43,44,45)(H,46,47,48)(H,49,50,51)(H,52,53,54)/b36-27-. The van der Waals surface area contributed by atoms with E-state index in [0.29, 0.717) is 23.3 Å². The largest absolute Gasteiger partial charge is 0.453 e. The van der Waals surface area contributed by atoms with Crippen molar-refractivity contribution in [1.82, 2.24) is 0 Å². The molecule has 1 aliphatic heterocycles. The second-order valence-electron chi connectivity index (χ2n) is 13.0. The Morgan fingerprint density at radius 1 is 0.557 bits per heavy atom. The van der Waals surface area contributed by atoms with E-state index in [1.807, 2.05) is 0 Å². The van der Waals surface area contributed by atoms with Crippen molar-refractivity contribution < 1.29 is 82.2 Å². The molecule has 2 aliphatic rings. The Morgan fingerprint density at radius 3 is 1.62 bits per heavy atom. The third kappa shape index (κ3) is 9.37. The number of hydrogen-bond acceptors (Lipinski definition) is 15. The summed E-state index contributed by atoms with van der Waals surface area (Å²) >= 11 is 0. The number of nitrogens with zero attached hydrogens (tertiary/aromatic N) is 1. The van der Waals surface area contributed by atoms with Gasteiger partial charge in [0.25, 0.3) is 60.7 Å². The minimum atomic E-state index is -5.48. The molecule has 7 N–H and O–H groups in total. The second kappa shape index (κ2) is 15.6. The van der Waals surface area contributed by atoms with Crippen LogP contribution in [-0.2, 0) is 73.8 Å². The molecule has 0 unspecified atom stereocenters. The summed E-state index contributed by atoms with van der Waals surface area (Å²) in [5.41, 5.74) is -1.24. The van der Waals surface area contributed by atoms with E-state index < -0.39 is 131 Å². The summed E-state index contributed by atoms with van der Waals surface area (Å²) in [6.45, 7) is 0.0851. The molecule has 6 rings (SSSR count). The molecule has 1 heterocycles. The molecule has 4 aromatic rings. The first kappa shape index (κ1) is 45.4. The maximum absolute atomic E-state index is 13.2. The number of fused-ring (bicyclic) bond motifs is 2. The summed E-state index contributed by atoms with van der Waals surface area (Å²) in [7, 11) is -31.3. The van der Waals surface area contributed by atoms with Gasteiger partial charge in [-0.2, -0.15) is 50.5 Å². The van der Waals surface area contributed by atoms with Crippen LogP contribution in [0.4, 0.5) is 5.69 Å². The zero-order chi connectivity index (χ0) is 45.2. The normalized spacial score (nSPS) is 13.5. The van der Waals surface area contributed by atoms with E-state index in [2.05, 4.69) is 10.3 Å². The van der Waals surface area contributed by atoms with Crippen LogP contribution in [0.3, 0.4) is 0 Å². The van der Waals surface area contributed by atoms with Crippen LogP contribution in [0.25, 0.3) is 33.4 Å². The molecule has 0 amide bonds. The molecule has 0 fully saturated rings. The molecule has 324 valence electrons. The Bertz CT molecular complexity index is 3570. The summed E-state index contributed by atoms with van der Waals surface area (Å²) in [6, 6.07) is 15.2. The molecule has 0 saturated carbocycles. The van der Waals surface area contributed by atoms with Gasteiger partial charge in [0.05, 0.1) is 27.4 Å². The van der Waals surface area contributed by atoms with Gasteiger partial charge in [-0.1, -0.05) is 36.4 Å². The van der Waals surface area contributed by atoms with Crippen molar-refractivity contribution in [2.75, 3.05) is 5.32 Å². The van der Waals surface area contributed by atoms with E-state index in [9.17, 15) is 77.8 Å². The molecule has 21 nitrogen and oxygen atoms in total. The number of nitrogens with one attached hydrogen (secondary N) is 1. The molecular weight excluding hydrogens is 933 g/mol. The maximum atomic E-state index is 13.2. The Morgan fingerprint density at radius 2 is 1.10 bits per heavy atom. The minimum absolute atomic E-state index is 0.0752. The molecule has 61 heavy (non-hydrogen) atoms. The number of anilines is 1. The van der Waals surface area contributed by atoms with Gasteiger partial charge in [0.2, 0.25) is 0 Å². The molecule has 0 spiro atoms. The average Bonchev–Trinajstić information content (AvgIpc) is 3.12. The SMILES string of the molecule is Cc1ccccc1-c1c2cc/c(=N/Cc3ccc(S(=O)(=O)O)cc3S(=O)(=O)O)c(S(=O)(=O)O)c-2oc2c(S(=O)(=O)O)c(NCc3ccc(S(=O)(=O)O)cc3S(=O)(=O)O)ccc12. The maximum Gasteiger partial charge on any atom is 0.300 e. The number of hydrogen-bond donors (Lipinski definition) is 7. The third-order valence-corrected chi connectivity index (χ3v) is 14.4. The summed E-state index contributed by atoms with van der Waals surface area (Å²) in [4.78, 5) is -2.05. The van der Waals surface area contributed by atoms with E-state index in [-0.39, 0.29) is 22.1 Å². The molecule has 0 aromatic heterocycles. The molecule has 4 aromatic carbocycles. The minimum Gasteiger partial charge on any atom is -0.453 e. The van der Waals surface area contributed by atoms with Crippen LogP contribution < -0.4 is 10.7 Å².